The van der Waals surface area contributed by atoms with Crippen LogP contribution >= 0.6 is 0 Å². The molecule has 0 unspecified atom stereocenters. The molecule has 1 saturated carbocycles. The van der Waals surface area contributed by atoms with E-state index in [4.69, 9.17) is 4.74 Å². The Morgan fingerprint density at radius 3 is 2.70 bits per heavy atom. The zero-order valence-electron chi connectivity index (χ0n) is 15.3. The lowest BCUT2D eigenvalue weighted by molar-refractivity contribution is -0.119. The Kier molecular flexibility index (Phi) is 5.10. The minimum absolute atomic E-state index is 0.0180. The molecule has 1 N–H and O–H groups in total. The van der Waals surface area contributed by atoms with Crippen LogP contribution in [-0.2, 0) is 16.0 Å². The number of rotatable bonds is 7. The topological polar surface area (TPSA) is 58.6 Å². The molecule has 4 rings (SSSR count). The number of benzene rings is 2. The maximum absolute atomic E-state index is 12.3. The molecule has 1 heterocycles. The van der Waals surface area contributed by atoms with Crippen molar-refractivity contribution < 1.29 is 14.3 Å². The maximum Gasteiger partial charge on any atom is 0.230 e. The number of amides is 2. The van der Waals surface area contributed by atoms with E-state index >= 15 is 0 Å². The maximum atomic E-state index is 12.3. The summed E-state index contributed by atoms with van der Waals surface area (Å²) in [6.45, 7) is 1.26. The van der Waals surface area contributed by atoms with Crippen molar-refractivity contribution in [2.75, 3.05) is 23.4 Å². The molecule has 2 aromatic carbocycles. The van der Waals surface area contributed by atoms with E-state index in [0.717, 1.165) is 48.5 Å². The molecule has 1 aliphatic heterocycles. The van der Waals surface area contributed by atoms with Gasteiger partial charge in [0.2, 0.25) is 11.8 Å². The van der Waals surface area contributed by atoms with Crippen LogP contribution in [0.2, 0.25) is 0 Å². The van der Waals surface area contributed by atoms with E-state index in [1.54, 1.807) is 0 Å². The first-order valence-electron chi connectivity index (χ1n) is 9.63. The molecular weight excluding hydrogens is 340 g/mol. The van der Waals surface area contributed by atoms with Crippen LogP contribution in [0.4, 0.5) is 11.4 Å². The van der Waals surface area contributed by atoms with Crippen molar-refractivity contribution in [2.45, 2.75) is 32.1 Å². The second-order valence-corrected chi connectivity index (χ2v) is 7.17. The molecule has 1 fully saturated rings. The molecule has 2 aromatic rings. The van der Waals surface area contributed by atoms with Gasteiger partial charge in [-0.1, -0.05) is 18.2 Å². The summed E-state index contributed by atoms with van der Waals surface area (Å²) in [6.07, 6.45) is 3.97. The number of hydrogen-bond acceptors (Lipinski definition) is 3. The summed E-state index contributed by atoms with van der Waals surface area (Å²) in [5.41, 5.74) is 2.93. The Labute approximate surface area is 159 Å². The number of nitrogens with one attached hydrogen (secondary N) is 1. The van der Waals surface area contributed by atoms with E-state index in [1.807, 2.05) is 53.4 Å². The highest BCUT2D eigenvalue weighted by molar-refractivity contribution is 5.99. The van der Waals surface area contributed by atoms with Crippen LogP contribution in [-0.4, -0.2) is 25.0 Å². The van der Waals surface area contributed by atoms with Crippen LogP contribution in [0.3, 0.4) is 0 Å². The summed E-state index contributed by atoms with van der Waals surface area (Å²) < 4.78 is 5.61. The van der Waals surface area contributed by atoms with Crippen LogP contribution in [0, 0.1) is 5.92 Å². The zero-order chi connectivity index (χ0) is 18.6. The number of ether oxygens (including phenoxy) is 1. The Balaban J connectivity index is 1.26. The van der Waals surface area contributed by atoms with Gasteiger partial charge in [0.25, 0.3) is 0 Å². The van der Waals surface area contributed by atoms with Gasteiger partial charge in [0.1, 0.15) is 5.75 Å². The van der Waals surface area contributed by atoms with Crippen molar-refractivity contribution in [1.82, 2.24) is 0 Å². The van der Waals surface area contributed by atoms with Gasteiger partial charge in [0.15, 0.2) is 0 Å². The molecule has 27 heavy (non-hydrogen) atoms. The van der Waals surface area contributed by atoms with Gasteiger partial charge in [-0.2, -0.15) is 0 Å². The Bertz CT molecular complexity index is 831. The van der Waals surface area contributed by atoms with Gasteiger partial charge in [-0.05, 0) is 61.6 Å². The quantitative estimate of drug-likeness (QED) is 0.761. The average molecular weight is 364 g/mol. The predicted molar refractivity (Wildman–Crippen MR) is 105 cm³/mol. The summed E-state index contributed by atoms with van der Waals surface area (Å²) in [5.74, 6) is 1.29. The van der Waals surface area contributed by atoms with E-state index in [-0.39, 0.29) is 17.7 Å². The van der Waals surface area contributed by atoms with Gasteiger partial charge in [0, 0.05) is 30.3 Å². The first-order valence-corrected chi connectivity index (χ1v) is 9.63. The number of anilines is 2. The van der Waals surface area contributed by atoms with Gasteiger partial charge in [-0.15, -0.1) is 0 Å². The zero-order valence-corrected chi connectivity index (χ0v) is 15.3. The third-order valence-electron chi connectivity index (χ3n) is 5.01. The number of carbonyl (C=O) groups is 2. The molecule has 5 heteroatoms. The largest absolute Gasteiger partial charge is 0.494 e. The molecule has 2 aliphatic rings. The van der Waals surface area contributed by atoms with E-state index in [1.165, 1.54) is 0 Å². The van der Waals surface area contributed by atoms with Crippen molar-refractivity contribution in [3.63, 3.8) is 0 Å². The lowest BCUT2D eigenvalue weighted by atomic mass is 10.1. The lowest BCUT2D eigenvalue weighted by Crippen LogP contribution is -2.30. The average Bonchev–Trinajstić information content (AvgIpc) is 3.45. The molecule has 5 nitrogen and oxygen atoms in total. The van der Waals surface area contributed by atoms with Gasteiger partial charge >= 0.3 is 0 Å². The standard InChI is InChI=1S/C22H24N2O3/c25-21(7-4-14-27-19-5-2-1-3-6-19)23-18-10-11-20-17(15-18)12-13-24(20)22(26)16-8-9-16/h1-3,5-6,10-11,15-16H,4,7-9,12-14H2,(H,23,25). The highest BCUT2D eigenvalue weighted by Gasteiger charge is 2.36. The highest BCUT2D eigenvalue weighted by Crippen LogP contribution is 2.37. The third kappa shape index (κ3) is 4.30. The van der Waals surface area contributed by atoms with E-state index < -0.39 is 0 Å². The Morgan fingerprint density at radius 1 is 1.11 bits per heavy atom. The molecule has 2 amide bonds. The summed E-state index contributed by atoms with van der Waals surface area (Å²) in [5, 5.41) is 2.95. The van der Waals surface area contributed by atoms with Crippen molar-refractivity contribution in [2.24, 2.45) is 5.92 Å². The molecule has 0 radical (unpaired) electrons. The Morgan fingerprint density at radius 2 is 1.93 bits per heavy atom. The van der Waals surface area contributed by atoms with Gasteiger partial charge in [0.05, 0.1) is 6.61 Å². The molecule has 0 saturated heterocycles. The summed E-state index contributed by atoms with van der Waals surface area (Å²) in [6, 6.07) is 15.4. The number of fused-ring (bicyclic) bond motifs is 1. The van der Waals surface area contributed by atoms with Crippen LogP contribution in [0.15, 0.2) is 48.5 Å². The van der Waals surface area contributed by atoms with Crippen molar-refractivity contribution in [3.05, 3.63) is 54.1 Å². The first-order chi connectivity index (χ1) is 13.2. The fourth-order valence-electron chi connectivity index (χ4n) is 3.42. The molecule has 140 valence electrons. The van der Waals surface area contributed by atoms with Crippen LogP contribution in [0.1, 0.15) is 31.2 Å². The van der Waals surface area contributed by atoms with Gasteiger partial charge in [-0.3, -0.25) is 9.59 Å². The van der Waals surface area contributed by atoms with Crippen LogP contribution in [0.25, 0.3) is 0 Å². The van der Waals surface area contributed by atoms with E-state index in [0.29, 0.717) is 19.4 Å². The molecule has 1 aliphatic carbocycles. The molecule has 0 aromatic heterocycles. The number of nitrogens with zero attached hydrogens (tertiary/aromatic N) is 1. The SMILES string of the molecule is O=C(CCCOc1ccccc1)Nc1ccc2c(c1)CCN2C(=O)C1CC1. The number of carbonyl (C=O) groups excluding carboxylic acids is 2. The van der Waals surface area contributed by atoms with Crippen molar-refractivity contribution in [1.29, 1.82) is 0 Å². The van der Waals surface area contributed by atoms with Crippen LogP contribution in [0.5, 0.6) is 5.75 Å². The highest BCUT2D eigenvalue weighted by atomic mass is 16.5. The first kappa shape index (κ1) is 17.6. The fourth-order valence-corrected chi connectivity index (χ4v) is 3.42. The normalized spacial score (nSPS) is 15.3. The van der Waals surface area contributed by atoms with Crippen LogP contribution < -0.4 is 15.0 Å². The van der Waals surface area contributed by atoms with Crippen molar-refractivity contribution in [3.8, 4) is 5.75 Å². The second kappa shape index (κ2) is 7.82. The predicted octanol–water partition coefficient (Wildman–Crippen LogP) is 3.78. The lowest BCUT2D eigenvalue weighted by Gasteiger charge is -2.17. The fraction of sp³-hybridized carbons (Fsp3) is 0.364. The smallest absolute Gasteiger partial charge is 0.230 e. The summed E-state index contributed by atoms with van der Waals surface area (Å²) in [4.78, 5) is 26.4. The molecular formula is C22H24N2O3. The molecule has 0 atom stereocenters. The Hall–Kier alpha value is -2.82. The van der Waals surface area contributed by atoms with E-state index in [9.17, 15) is 9.59 Å². The molecule has 0 spiro atoms. The minimum atomic E-state index is -0.0180. The van der Waals surface area contributed by atoms with Gasteiger partial charge < -0.3 is 15.0 Å². The second-order valence-electron chi connectivity index (χ2n) is 7.17. The molecule has 0 bridgehead atoms. The summed E-state index contributed by atoms with van der Waals surface area (Å²) in [7, 11) is 0. The minimum Gasteiger partial charge on any atom is -0.494 e. The third-order valence-corrected chi connectivity index (χ3v) is 5.01. The van der Waals surface area contributed by atoms with E-state index in [2.05, 4.69) is 5.32 Å². The monoisotopic (exact) mass is 364 g/mol. The summed E-state index contributed by atoms with van der Waals surface area (Å²) >= 11 is 0. The van der Waals surface area contributed by atoms with Crippen molar-refractivity contribution >= 4 is 23.2 Å². The number of para-hydroxylation sites is 1. The van der Waals surface area contributed by atoms with Gasteiger partial charge in [-0.25, -0.2) is 0 Å². The number of hydrogen-bond donors (Lipinski definition) is 1.